The molecule has 1 aliphatic heterocycles. The molecule has 0 aliphatic carbocycles. The maximum Gasteiger partial charge on any atom is 0.278 e. The number of anilines is 1. The maximum absolute atomic E-state index is 13.2. The second-order valence-corrected chi connectivity index (χ2v) is 6.67. The molecule has 7 heteroatoms. The Bertz CT molecular complexity index is 993. The van der Waals surface area contributed by atoms with Gasteiger partial charge in [-0.3, -0.25) is 15.1 Å². The van der Waals surface area contributed by atoms with Crippen molar-refractivity contribution >= 4 is 22.1 Å². The van der Waals surface area contributed by atoms with Crippen LogP contribution in [-0.2, 0) is 4.74 Å². The number of hydrogen-bond acceptors (Lipinski definition) is 5. The van der Waals surface area contributed by atoms with Gasteiger partial charge in [-0.15, -0.1) is 0 Å². The molecule has 1 fully saturated rings. The Morgan fingerprint density at radius 2 is 1.93 bits per heavy atom. The first-order valence-electron chi connectivity index (χ1n) is 8.70. The van der Waals surface area contributed by atoms with E-state index in [1.807, 2.05) is 6.92 Å². The summed E-state index contributed by atoms with van der Waals surface area (Å²) < 4.78 is 19.3. The van der Waals surface area contributed by atoms with Crippen molar-refractivity contribution in [3.8, 4) is 0 Å². The molecule has 2 atom stereocenters. The lowest BCUT2D eigenvalue weighted by Gasteiger charge is -2.39. The molecular weight excluding hydrogens is 349 g/mol. The Labute approximate surface area is 155 Å². The molecule has 27 heavy (non-hydrogen) atoms. The number of rotatable bonds is 3. The van der Waals surface area contributed by atoms with Gasteiger partial charge >= 0.3 is 0 Å². The van der Waals surface area contributed by atoms with E-state index in [1.54, 1.807) is 30.5 Å². The number of morpholine rings is 1. The Balaban J connectivity index is 1.73. The van der Waals surface area contributed by atoms with Gasteiger partial charge in [0, 0.05) is 42.6 Å². The second-order valence-electron chi connectivity index (χ2n) is 6.67. The SMILES string of the molecule is CC1CN(c2ccc([N+](=O)[O-])c3cnccc23)CC(c2ccc(F)cc2)O1. The summed E-state index contributed by atoms with van der Waals surface area (Å²) in [5, 5.41) is 12.6. The molecule has 0 N–H and O–H groups in total. The van der Waals surface area contributed by atoms with Gasteiger partial charge in [0.25, 0.3) is 5.69 Å². The fourth-order valence-electron chi connectivity index (χ4n) is 3.60. The third kappa shape index (κ3) is 3.33. The number of halogens is 1. The molecule has 1 aromatic heterocycles. The van der Waals surface area contributed by atoms with Gasteiger partial charge in [-0.25, -0.2) is 4.39 Å². The Morgan fingerprint density at radius 1 is 1.15 bits per heavy atom. The van der Waals surface area contributed by atoms with Crippen molar-refractivity contribution in [3.05, 3.63) is 76.4 Å². The zero-order valence-electron chi connectivity index (χ0n) is 14.7. The number of non-ortho nitro benzene ring substituents is 1. The molecule has 1 saturated heterocycles. The predicted octanol–water partition coefficient (Wildman–Crippen LogP) is 4.25. The number of aromatic nitrogens is 1. The molecular formula is C20H18FN3O3. The highest BCUT2D eigenvalue weighted by Gasteiger charge is 2.28. The van der Waals surface area contributed by atoms with Crippen molar-refractivity contribution in [2.24, 2.45) is 0 Å². The molecule has 0 bridgehead atoms. The number of ether oxygens (including phenoxy) is 1. The van der Waals surface area contributed by atoms with Gasteiger partial charge < -0.3 is 9.64 Å². The van der Waals surface area contributed by atoms with Crippen LogP contribution in [0.4, 0.5) is 15.8 Å². The first-order chi connectivity index (χ1) is 13.0. The van der Waals surface area contributed by atoms with Crippen LogP contribution in [-0.4, -0.2) is 29.1 Å². The maximum atomic E-state index is 13.2. The van der Waals surface area contributed by atoms with Crippen LogP contribution in [0.5, 0.6) is 0 Å². The third-order valence-corrected chi connectivity index (χ3v) is 4.81. The van der Waals surface area contributed by atoms with Crippen molar-refractivity contribution in [1.29, 1.82) is 0 Å². The van der Waals surface area contributed by atoms with Crippen molar-refractivity contribution in [2.45, 2.75) is 19.1 Å². The third-order valence-electron chi connectivity index (χ3n) is 4.81. The quantitative estimate of drug-likeness (QED) is 0.511. The first-order valence-corrected chi connectivity index (χ1v) is 8.70. The molecule has 6 nitrogen and oxygen atoms in total. The summed E-state index contributed by atoms with van der Waals surface area (Å²) >= 11 is 0. The molecule has 2 aromatic carbocycles. The van der Waals surface area contributed by atoms with Crippen LogP contribution in [0.25, 0.3) is 10.8 Å². The molecule has 0 amide bonds. The van der Waals surface area contributed by atoms with Crippen LogP contribution in [0.15, 0.2) is 54.9 Å². The van der Waals surface area contributed by atoms with E-state index >= 15 is 0 Å². The number of nitro benzene ring substituents is 1. The van der Waals surface area contributed by atoms with E-state index in [0.29, 0.717) is 18.5 Å². The van der Waals surface area contributed by atoms with Crippen LogP contribution in [0.1, 0.15) is 18.6 Å². The highest BCUT2D eigenvalue weighted by Crippen LogP contribution is 2.36. The van der Waals surface area contributed by atoms with E-state index in [-0.39, 0.29) is 23.7 Å². The Morgan fingerprint density at radius 3 is 2.67 bits per heavy atom. The molecule has 0 saturated carbocycles. The predicted molar refractivity (Wildman–Crippen MR) is 100 cm³/mol. The van der Waals surface area contributed by atoms with Crippen LogP contribution in [0, 0.1) is 15.9 Å². The minimum Gasteiger partial charge on any atom is -0.367 e. The highest BCUT2D eigenvalue weighted by atomic mass is 19.1. The molecule has 0 radical (unpaired) electrons. The fourth-order valence-corrected chi connectivity index (χ4v) is 3.60. The minimum atomic E-state index is -0.392. The van der Waals surface area contributed by atoms with Gasteiger partial charge in [-0.05, 0) is 36.8 Å². The number of fused-ring (bicyclic) bond motifs is 1. The van der Waals surface area contributed by atoms with Gasteiger partial charge in [-0.1, -0.05) is 12.1 Å². The van der Waals surface area contributed by atoms with E-state index in [4.69, 9.17) is 4.74 Å². The smallest absolute Gasteiger partial charge is 0.278 e. The number of nitro groups is 1. The van der Waals surface area contributed by atoms with E-state index in [2.05, 4.69) is 9.88 Å². The fraction of sp³-hybridized carbons (Fsp3) is 0.250. The molecule has 138 valence electrons. The van der Waals surface area contributed by atoms with Gasteiger partial charge in [-0.2, -0.15) is 0 Å². The summed E-state index contributed by atoms with van der Waals surface area (Å²) in [5.41, 5.74) is 1.85. The Kier molecular flexibility index (Phi) is 4.45. The van der Waals surface area contributed by atoms with Gasteiger partial charge in [0.15, 0.2) is 0 Å². The molecule has 2 unspecified atom stereocenters. The van der Waals surface area contributed by atoms with E-state index in [0.717, 1.165) is 16.6 Å². The zero-order chi connectivity index (χ0) is 19.0. The molecule has 3 aromatic rings. The van der Waals surface area contributed by atoms with Crippen molar-refractivity contribution < 1.29 is 14.1 Å². The average molecular weight is 367 g/mol. The number of hydrogen-bond donors (Lipinski definition) is 0. The minimum absolute atomic E-state index is 0.0400. The largest absolute Gasteiger partial charge is 0.367 e. The van der Waals surface area contributed by atoms with Crippen LogP contribution < -0.4 is 4.90 Å². The van der Waals surface area contributed by atoms with E-state index in [1.165, 1.54) is 24.4 Å². The van der Waals surface area contributed by atoms with Gasteiger partial charge in [0.1, 0.15) is 11.9 Å². The number of pyridine rings is 1. The lowest BCUT2D eigenvalue weighted by Crippen LogP contribution is -2.43. The lowest BCUT2D eigenvalue weighted by atomic mass is 10.0. The topological polar surface area (TPSA) is 68.5 Å². The first kappa shape index (κ1) is 17.4. The molecule has 1 aliphatic rings. The van der Waals surface area contributed by atoms with Crippen molar-refractivity contribution in [1.82, 2.24) is 4.98 Å². The summed E-state index contributed by atoms with van der Waals surface area (Å²) in [6.45, 7) is 3.22. The highest BCUT2D eigenvalue weighted by molar-refractivity contribution is 5.99. The summed E-state index contributed by atoms with van der Waals surface area (Å²) in [6, 6.07) is 11.4. The van der Waals surface area contributed by atoms with Crippen LogP contribution in [0.2, 0.25) is 0 Å². The van der Waals surface area contributed by atoms with Crippen molar-refractivity contribution in [2.75, 3.05) is 18.0 Å². The van der Waals surface area contributed by atoms with Crippen LogP contribution >= 0.6 is 0 Å². The van der Waals surface area contributed by atoms with Gasteiger partial charge in [0.05, 0.1) is 16.4 Å². The van der Waals surface area contributed by atoms with E-state index in [9.17, 15) is 14.5 Å². The summed E-state index contributed by atoms with van der Waals surface area (Å²) in [7, 11) is 0. The lowest BCUT2D eigenvalue weighted by molar-refractivity contribution is -0.383. The number of benzene rings is 2. The zero-order valence-corrected chi connectivity index (χ0v) is 14.7. The molecule has 4 rings (SSSR count). The monoisotopic (exact) mass is 367 g/mol. The summed E-state index contributed by atoms with van der Waals surface area (Å²) in [4.78, 5) is 17.1. The number of nitrogens with zero attached hydrogens (tertiary/aromatic N) is 3. The standard InChI is InChI=1S/C20H18FN3O3/c1-13-11-23(12-20(27-13)14-2-4-15(21)5-3-14)18-6-7-19(24(25)26)17-10-22-9-8-16(17)18/h2-10,13,20H,11-12H2,1H3. The molecule has 2 heterocycles. The summed E-state index contributed by atoms with van der Waals surface area (Å²) in [5.74, 6) is -0.284. The second kappa shape index (κ2) is 6.92. The average Bonchev–Trinajstić information content (AvgIpc) is 2.67. The summed E-state index contributed by atoms with van der Waals surface area (Å²) in [6.07, 6.45) is 2.91. The van der Waals surface area contributed by atoms with E-state index < -0.39 is 4.92 Å². The van der Waals surface area contributed by atoms with Crippen molar-refractivity contribution in [3.63, 3.8) is 0 Å². The van der Waals surface area contributed by atoms with Gasteiger partial charge in [0.2, 0.25) is 0 Å². The Hall–Kier alpha value is -3.06. The van der Waals surface area contributed by atoms with Crippen LogP contribution in [0.3, 0.4) is 0 Å². The molecule has 0 spiro atoms. The normalized spacial score (nSPS) is 20.0.